The van der Waals surface area contributed by atoms with Gasteiger partial charge in [0.05, 0.1) is 10.5 Å². The number of nitrogens with zero attached hydrogens (tertiary/aromatic N) is 2. The Morgan fingerprint density at radius 2 is 2.10 bits per heavy atom. The number of rotatable bonds is 4. The summed E-state index contributed by atoms with van der Waals surface area (Å²) in [5, 5.41) is 3.42. The van der Waals surface area contributed by atoms with Crippen molar-refractivity contribution in [3.63, 3.8) is 0 Å². The van der Waals surface area contributed by atoms with E-state index in [0.29, 0.717) is 29.2 Å². The van der Waals surface area contributed by atoms with E-state index in [2.05, 4.69) is 20.3 Å². The summed E-state index contributed by atoms with van der Waals surface area (Å²) in [5.74, 6) is 0.681. The Bertz CT molecular complexity index is 770. The predicted molar refractivity (Wildman–Crippen MR) is 81.4 cm³/mol. The molecule has 3 rings (SSSR count). The van der Waals surface area contributed by atoms with Crippen molar-refractivity contribution in [3.8, 4) is 0 Å². The van der Waals surface area contributed by atoms with E-state index in [1.165, 1.54) is 0 Å². The van der Waals surface area contributed by atoms with Gasteiger partial charge in [-0.15, -0.1) is 0 Å². The molecule has 0 bridgehead atoms. The summed E-state index contributed by atoms with van der Waals surface area (Å²) in [7, 11) is 0. The SMILES string of the molecule is O=C(NCCc1nc2ncc(Cl)cc2[nH]1)c1ccccc1. The van der Waals surface area contributed by atoms with Gasteiger partial charge in [-0.05, 0) is 18.2 Å². The third-order valence-corrected chi connectivity index (χ3v) is 3.24. The third kappa shape index (κ3) is 3.20. The lowest BCUT2D eigenvalue weighted by Crippen LogP contribution is -2.25. The van der Waals surface area contributed by atoms with Crippen LogP contribution in [-0.4, -0.2) is 27.4 Å². The minimum absolute atomic E-state index is 0.0899. The molecule has 0 aliphatic heterocycles. The molecule has 2 aromatic heterocycles. The Labute approximate surface area is 126 Å². The summed E-state index contributed by atoms with van der Waals surface area (Å²) in [6.45, 7) is 0.501. The van der Waals surface area contributed by atoms with Crippen LogP contribution in [0.15, 0.2) is 42.6 Å². The minimum Gasteiger partial charge on any atom is -0.352 e. The zero-order valence-corrected chi connectivity index (χ0v) is 11.9. The summed E-state index contributed by atoms with van der Waals surface area (Å²) in [6, 6.07) is 10.9. The Hall–Kier alpha value is -2.40. The molecule has 0 fully saturated rings. The molecule has 2 N–H and O–H groups in total. The van der Waals surface area contributed by atoms with Crippen LogP contribution in [0.3, 0.4) is 0 Å². The average Bonchev–Trinajstić information content (AvgIpc) is 2.89. The number of carbonyl (C=O) groups excluding carboxylic acids is 1. The fraction of sp³-hybridized carbons (Fsp3) is 0.133. The van der Waals surface area contributed by atoms with Gasteiger partial charge < -0.3 is 10.3 Å². The van der Waals surface area contributed by atoms with Crippen molar-refractivity contribution in [2.45, 2.75) is 6.42 Å². The van der Waals surface area contributed by atoms with Crippen LogP contribution in [0.25, 0.3) is 11.2 Å². The Morgan fingerprint density at radius 3 is 2.90 bits per heavy atom. The number of hydrogen-bond acceptors (Lipinski definition) is 3. The van der Waals surface area contributed by atoms with Gasteiger partial charge in [0.25, 0.3) is 5.91 Å². The predicted octanol–water partition coefficient (Wildman–Crippen LogP) is 2.58. The number of amides is 1. The number of carbonyl (C=O) groups is 1. The molecule has 0 saturated heterocycles. The molecule has 2 heterocycles. The molecule has 0 unspecified atom stereocenters. The highest BCUT2D eigenvalue weighted by molar-refractivity contribution is 6.31. The molecular weight excluding hydrogens is 288 g/mol. The molecule has 1 aromatic carbocycles. The number of hydrogen-bond donors (Lipinski definition) is 2. The molecule has 0 spiro atoms. The zero-order valence-electron chi connectivity index (χ0n) is 11.1. The van der Waals surface area contributed by atoms with E-state index in [0.717, 1.165) is 11.3 Å². The van der Waals surface area contributed by atoms with E-state index in [1.807, 2.05) is 18.2 Å². The van der Waals surface area contributed by atoms with E-state index in [-0.39, 0.29) is 5.91 Å². The van der Waals surface area contributed by atoms with Crippen LogP contribution in [0, 0.1) is 0 Å². The van der Waals surface area contributed by atoms with Gasteiger partial charge in [-0.2, -0.15) is 0 Å². The molecule has 0 aliphatic rings. The lowest BCUT2D eigenvalue weighted by molar-refractivity contribution is 0.0954. The van der Waals surface area contributed by atoms with Gasteiger partial charge >= 0.3 is 0 Å². The number of imidazole rings is 1. The van der Waals surface area contributed by atoms with Crippen molar-refractivity contribution in [2.75, 3.05) is 6.54 Å². The van der Waals surface area contributed by atoms with E-state index in [9.17, 15) is 4.79 Å². The fourth-order valence-electron chi connectivity index (χ4n) is 2.03. The lowest BCUT2D eigenvalue weighted by atomic mass is 10.2. The summed E-state index contributed by atoms with van der Waals surface area (Å²) in [6.07, 6.45) is 2.16. The van der Waals surface area contributed by atoms with Gasteiger partial charge in [0, 0.05) is 24.7 Å². The number of nitrogens with one attached hydrogen (secondary N) is 2. The first-order valence-electron chi connectivity index (χ1n) is 6.56. The quantitative estimate of drug-likeness (QED) is 0.778. The van der Waals surface area contributed by atoms with Gasteiger partial charge in [-0.3, -0.25) is 4.79 Å². The maximum atomic E-state index is 11.9. The molecule has 0 aliphatic carbocycles. The van der Waals surface area contributed by atoms with Crippen LogP contribution in [-0.2, 0) is 6.42 Å². The monoisotopic (exact) mass is 300 g/mol. The maximum absolute atomic E-state index is 11.9. The summed E-state index contributed by atoms with van der Waals surface area (Å²) in [5.41, 5.74) is 2.08. The topological polar surface area (TPSA) is 70.7 Å². The van der Waals surface area contributed by atoms with Crippen molar-refractivity contribution in [3.05, 3.63) is 59.0 Å². The molecule has 0 radical (unpaired) electrons. The summed E-state index contributed by atoms with van der Waals surface area (Å²) >= 11 is 5.87. The highest BCUT2D eigenvalue weighted by atomic mass is 35.5. The van der Waals surface area contributed by atoms with Crippen LogP contribution in [0.4, 0.5) is 0 Å². The first kappa shape index (κ1) is 13.6. The van der Waals surface area contributed by atoms with Gasteiger partial charge in [0.15, 0.2) is 5.65 Å². The molecule has 106 valence electrons. The highest BCUT2D eigenvalue weighted by Gasteiger charge is 2.06. The third-order valence-electron chi connectivity index (χ3n) is 3.04. The van der Waals surface area contributed by atoms with Crippen LogP contribution in [0.1, 0.15) is 16.2 Å². The normalized spacial score (nSPS) is 10.7. The molecule has 21 heavy (non-hydrogen) atoms. The number of pyridine rings is 1. The lowest BCUT2D eigenvalue weighted by Gasteiger charge is -2.03. The van der Waals surface area contributed by atoms with Crippen molar-refractivity contribution in [1.29, 1.82) is 0 Å². The zero-order chi connectivity index (χ0) is 14.7. The van der Waals surface area contributed by atoms with Crippen molar-refractivity contribution in [1.82, 2.24) is 20.3 Å². The summed E-state index contributed by atoms with van der Waals surface area (Å²) < 4.78 is 0. The second kappa shape index (κ2) is 5.93. The average molecular weight is 301 g/mol. The van der Waals surface area contributed by atoms with Crippen molar-refractivity contribution < 1.29 is 4.79 Å². The fourth-order valence-corrected chi connectivity index (χ4v) is 2.19. The highest BCUT2D eigenvalue weighted by Crippen LogP contribution is 2.14. The molecule has 1 amide bonds. The smallest absolute Gasteiger partial charge is 0.251 e. The molecule has 0 saturated carbocycles. The second-order valence-corrected chi connectivity index (χ2v) is 5.02. The molecule has 3 aromatic rings. The van der Waals surface area contributed by atoms with E-state index in [4.69, 9.17) is 11.6 Å². The molecular formula is C15H13ClN4O. The largest absolute Gasteiger partial charge is 0.352 e. The van der Waals surface area contributed by atoms with E-state index >= 15 is 0 Å². The maximum Gasteiger partial charge on any atom is 0.251 e. The van der Waals surface area contributed by atoms with Crippen LogP contribution < -0.4 is 5.32 Å². The van der Waals surface area contributed by atoms with Crippen molar-refractivity contribution in [2.24, 2.45) is 0 Å². The van der Waals surface area contributed by atoms with Crippen molar-refractivity contribution >= 4 is 28.7 Å². The Balaban J connectivity index is 1.60. The van der Waals surface area contributed by atoms with Gasteiger partial charge in [-0.25, -0.2) is 9.97 Å². The second-order valence-electron chi connectivity index (χ2n) is 4.58. The number of H-pyrrole nitrogens is 1. The first-order chi connectivity index (χ1) is 10.2. The number of aromatic amines is 1. The Kier molecular flexibility index (Phi) is 3.83. The van der Waals surface area contributed by atoms with Crippen LogP contribution in [0.5, 0.6) is 0 Å². The van der Waals surface area contributed by atoms with Crippen LogP contribution in [0.2, 0.25) is 5.02 Å². The standard InChI is InChI=1S/C15H13ClN4O/c16-11-8-12-14(18-9-11)20-13(19-12)6-7-17-15(21)10-4-2-1-3-5-10/h1-5,8-9H,6-7H2,(H,17,21)(H,18,19,20). The van der Waals surface area contributed by atoms with Gasteiger partial charge in [0.1, 0.15) is 5.82 Å². The van der Waals surface area contributed by atoms with Crippen LogP contribution >= 0.6 is 11.6 Å². The number of benzene rings is 1. The molecule has 0 atom stereocenters. The Morgan fingerprint density at radius 1 is 1.29 bits per heavy atom. The van der Waals surface area contributed by atoms with Gasteiger partial charge in [-0.1, -0.05) is 29.8 Å². The number of aromatic nitrogens is 3. The van der Waals surface area contributed by atoms with E-state index in [1.54, 1.807) is 24.4 Å². The first-order valence-corrected chi connectivity index (χ1v) is 6.93. The molecule has 5 nitrogen and oxygen atoms in total. The summed E-state index contributed by atoms with van der Waals surface area (Å²) in [4.78, 5) is 23.5. The number of fused-ring (bicyclic) bond motifs is 1. The number of halogens is 1. The van der Waals surface area contributed by atoms with E-state index < -0.39 is 0 Å². The van der Waals surface area contributed by atoms with Gasteiger partial charge in [0.2, 0.25) is 0 Å². The molecule has 6 heteroatoms. The minimum atomic E-state index is -0.0899.